The van der Waals surface area contributed by atoms with Crippen LogP contribution in [-0.4, -0.2) is 34.7 Å². The van der Waals surface area contributed by atoms with Gasteiger partial charge in [-0.1, -0.05) is 24.3 Å². The summed E-state index contributed by atoms with van der Waals surface area (Å²) in [7, 11) is 0. The number of hydrogen-bond acceptors (Lipinski definition) is 3. The van der Waals surface area contributed by atoms with Gasteiger partial charge in [0.15, 0.2) is 0 Å². The van der Waals surface area contributed by atoms with E-state index in [2.05, 4.69) is 15.7 Å². The topological polar surface area (TPSA) is 76.0 Å². The molecule has 0 spiro atoms. The molecule has 0 aliphatic heterocycles. The Kier molecular flexibility index (Phi) is 6.07. The molecule has 0 saturated carbocycles. The van der Waals surface area contributed by atoms with Gasteiger partial charge in [0.2, 0.25) is 0 Å². The average Bonchev–Trinajstić information content (AvgIpc) is 3.01. The van der Waals surface area contributed by atoms with Gasteiger partial charge in [0.1, 0.15) is 5.82 Å². The Morgan fingerprint density at radius 1 is 0.966 bits per heavy atom. The SMILES string of the molecule is Cc1ccc(C(=O)NCCNC(=O)c2c(C)nn(-c3ccccc3)c2C)cc1F. The summed E-state index contributed by atoms with van der Waals surface area (Å²) in [6, 6.07) is 13.9. The molecule has 7 heteroatoms. The van der Waals surface area contributed by atoms with Crippen molar-refractivity contribution in [2.75, 3.05) is 13.1 Å². The quantitative estimate of drug-likeness (QED) is 0.631. The molecule has 150 valence electrons. The molecule has 0 saturated heterocycles. The van der Waals surface area contributed by atoms with Gasteiger partial charge >= 0.3 is 0 Å². The van der Waals surface area contributed by atoms with Crippen molar-refractivity contribution >= 4 is 11.8 Å². The minimum Gasteiger partial charge on any atom is -0.350 e. The fourth-order valence-corrected chi connectivity index (χ4v) is 3.07. The molecule has 0 aliphatic carbocycles. The van der Waals surface area contributed by atoms with E-state index in [9.17, 15) is 14.0 Å². The van der Waals surface area contributed by atoms with E-state index in [-0.39, 0.29) is 30.5 Å². The lowest BCUT2D eigenvalue weighted by Crippen LogP contribution is -2.35. The molecule has 0 radical (unpaired) electrons. The van der Waals surface area contributed by atoms with Crippen LogP contribution in [0.2, 0.25) is 0 Å². The first-order valence-electron chi connectivity index (χ1n) is 9.32. The van der Waals surface area contributed by atoms with E-state index < -0.39 is 5.82 Å². The molecule has 0 aliphatic rings. The van der Waals surface area contributed by atoms with Gasteiger partial charge in [-0.3, -0.25) is 9.59 Å². The maximum absolute atomic E-state index is 13.6. The van der Waals surface area contributed by atoms with Crippen LogP contribution in [0.3, 0.4) is 0 Å². The number of carbonyl (C=O) groups is 2. The standard InChI is InChI=1S/C22H23FN4O2/c1-14-9-10-17(13-19(14)23)21(28)24-11-12-25-22(29)20-15(2)26-27(16(20)3)18-7-5-4-6-8-18/h4-10,13H,11-12H2,1-3H3,(H,24,28)(H,25,29). The molecule has 1 aromatic heterocycles. The third kappa shape index (κ3) is 4.51. The summed E-state index contributed by atoms with van der Waals surface area (Å²) in [6.45, 7) is 5.74. The number of benzene rings is 2. The number of rotatable bonds is 6. The van der Waals surface area contributed by atoms with Crippen LogP contribution in [0.4, 0.5) is 4.39 Å². The van der Waals surface area contributed by atoms with Gasteiger partial charge in [-0.15, -0.1) is 0 Å². The number of amides is 2. The van der Waals surface area contributed by atoms with Gasteiger partial charge in [-0.05, 0) is 50.6 Å². The molecule has 0 bridgehead atoms. The molecule has 0 unspecified atom stereocenters. The molecule has 0 fully saturated rings. The van der Waals surface area contributed by atoms with Gasteiger partial charge in [0, 0.05) is 18.7 Å². The van der Waals surface area contributed by atoms with Crippen molar-refractivity contribution in [3.8, 4) is 5.69 Å². The van der Waals surface area contributed by atoms with Crippen LogP contribution in [0, 0.1) is 26.6 Å². The maximum Gasteiger partial charge on any atom is 0.255 e. The lowest BCUT2D eigenvalue weighted by Gasteiger charge is -2.08. The molecule has 1 heterocycles. The Balaban J connectivity index is 1.58. The van der Waals surface area contributed by atoms with Crippen LogP contribution in [0.5, 0.6) is 0 Å². The highest BCUT2D eigenvalue weighted by atomic mass is 19.1. The van der Waals surface area contributed by atoms with Crippen molar-refractivity contribution in [3.05, 3.63) is 82.4 Å². The Morgan fingerprint density at radius 3 is 2.28 bits per heavy atom. The summed E-state index contributed by atoms with van der Waals surface area (Å²) in [4.78, 5) is 24.7. The fourth-order valence-electron chi connectivity index (χ4n) is 3.07. The van der Waals surface area contributed by atoms with Gasteiger partial charge in [0.05, 0.1) is 22.6 Å². The number of hydrogen-bond donors (Lipinski definition) is 2. The Labute approximate surface area is 168 Å². The summed E-state index contributed by atoms with van der Waals surface area (Å²) in [5.41, 5.74) is 3.49. The zero-order valence-electron chi connectivity index (χ0n) is 16.6. The molecule has 0 atom stereocenters. The maximum atomic E-state index is 13.6. The van der Waals surface area contributed by atoms with E-state index in [1.165, 1.54) is 6.07 Å². The molecule has 3 aromatic rings. The van der Waals surface area contributed by atoms with Gasteiger partial charge < -0.3 is 10.6 Å². The molecule has 2 N–H and O–H groups in total. The van der Waals surface area contributed by atoms with Crippen molar-refractivity contribution in [3.63, 3.8) is 0 Å². The number of aryl methyl sites for hydroxylation is 2. The number of nitrogens with zero attached hydrogens (tertiary/aromatic N) is 2. The first-order chi connectivity index (χ1) is 13.9. The summed E-state index contributed by atoms with van der Waals surface area (Å²) >= 11 is 0. The Morgan fingerprint density at radius 2 is 1.62 bits per heavy atom. The van der Waals surface area contributed by atoms with E-state index >= 15 is 0 Å². The number of nitrogens with one attached hydrogen (secondary N) is 2. The van der Waals surface area contributed by atoms with Crippen LogP contribution < -0.4 is 10.6 Å². The number of halogens is 1. The van der Waals surface area contributed by atoms with E-state index in [0.29, 0.717) is 16.8 Å². The summed E-state index contributed by atoms with van der Waals surface area (Å²) in [5.74, 6) is -1.06. The third-order valence-corrected chi connectivity index (χ3v) is 4.65. The summed E-state index contributed by atoms with van der Waals surface area (Å²) in [5, 5.41) is 9.93. The lowest BCUT2D eigenvalue weighted by atomic mass is 10.1. The van der Waals surface area contributed by atoms with Crippen LogP contribution in [0.1, 0.15) is 37.7 Å². The van der Waals surface area contributed by atoms with Crippen molar-refractivity contribution in [1.29, 1.82) is 0 Å². The first kappa shape index (κ1) is 20.3. The largest absolute Gasteiger partial charge is 0.350 e. The average molecular weight is 394 g/mol. The molecule has 3 rings (SSSR count). The molecular formula is C22H23FN4O2. The fraction of sp³-hybridized carbons (Fsp3) is 0.227. The van der Waals surface area contributed by atoms with E-state index in [1.807, 2.05) is 37.3 Å². The normalized spacial score (nSPS) is 10.6. The summed E-state index contributed by atoms with van der Waals surface area (Å²) < 4.78 is 15.3. The van der Waals surface area contributed by atoms with Gasteiger partial charge in [-0.2, -0.15) is 5.10 Å². The second-order valence-corrected chi connectivity index (χ2v) is 6.77. The van der Waals surface area contributed by atoms with Gasteiger partial charge in [-0.25, -0.2) is 9.07 Å². The van der Waals surface area contributed by atoms with Crippen LogP contribution in [0.25, 0.3) is 5.69 Å². The van der Waals surface area contributed by atoms with Crippen LogP contribution in [0.15, 0.2) is 48.5 Å². The Hall–Kier alpha value is -3.48. The molecule has 2 amide bonds. The van der Waals surface area contributed by atoms with Crippen molar-refractivity contribution in [2.24, 2.45) is 0 Å². The second-order valence-electron chi connectivity index (χ2n) is 6.77. The lowest BCUT2D eigenvalue weighted by molar-refractivity contribution is 0.0926. The van der Waals surface area contributed by atoms with E-state index in [1.54, 1.807) is 30.7 Å². The molecule has 6 nitrogen and oxygen atoms in total. The number of carbonyl (C=O) groups excluding carboxylic acids is 2. The predicted molar refractivity (Wildman–Crippen MR) is 109 cm³/mol. The minimum absolute atomic E-state index is 0.227. The van der Waals surface area contributed by atoms with Gasteiger partial charge in [0.25, 0.3) is 11.8 Å². The third-order valence-electron chi connectivity index (χ3n) is 4.65. The highest BCUT2D eigenvalue weighted by molar-refractivity contribution is 5.97. The number of para-hydroxylation sites is 1. The van der Waals surface area contributed by atoms with Crippen molar-refractivity contribution < 1.29 is 14.0 Å². The smallest absolute Gasteiger partial charge is 0.255 e. The molecule has 2 aromatic carbocycles. The molecular weight excluding hydrogens is 371 g/mol. The monoisotopic (exact) mass is 394 g/mol. The first-order valence-corrected chi connectivity index (χ1v) is 9.32. The molecule has 29 heavy (non-hydrogen) atoms. The second kappa shape index (κ2) is 8.68. The van der Waals surface area contributed by atoms with E-state index in [4.69, 9.17) is 0 Å². The minimum atomic E-state index is -0.424. The van der Waals surface area contributed by atoms with Crippen LogP contribution in [-0.2, 0) is 0 Å². The van der Waals surface area contributed by atoms with E-state index in [0.717, 1.165) is 11.4 Å². The zero-order valence-corrected chi connectivity index (χ0v) is 16.6. The Bertz CT molecular complexity index is 1040. The highest BCUT2D eigenvalue weighted by Crippen LogP contribution is 2.17. The van der Waals surface area contributed by atoms with Crippen molar-refractivity contribution in [2.45, 2.75) is 20.8 Å². The predicted octanol–water partition coefficient (Wildman–Crippen LogP) is 3.10. The highest BCUT2D eigenvalue weighted by Gasteiger charge is 2.19. The number of aromatic nitrogens is 2. The summed E-state index contributed by atoms with van der Waals surface area (Å²) in [6.07, 6.45) is 0. The van der Waals surface area contributed by atoms with Crippen LogP contribution >= 0.6 is 0 Å². The zero-order chi connectivity index (χ0) is 21.0. The van der Waals surface area contributed by atoms with Crippen molar-refractivity contribution in [1.82, 2.24) is 20.4 Å².